The zero-order chi connectivity index (χ0) is 26.8. The van der Waals surface area contributed by atoms with Crippen LogP contribution in [-0.2, 0) is 25.6 Å². The lowest BCUT2D eigenvalue weighted by atomic mass is 10.0. The molecule has 0 spiro atoms. The molecule has 0 radical (unpaired) electrons. The van der Waals surface area contributed by atoms with Crippen molar-refractivity contribution in [1.29, 1.82) is 0 Å². The molecule has 1 aromatic rings. The number of benzene rings is 1. The minimum Gasteiger partial charge on any atom is -0.508 e. The number of rotatable bonds is 13. The van der Waals surface area contributed by atoms with Crippen LogP contribution in [0.25, 0.3) is 0 Å². The molecule has 12 heteroatoms. The third kappa shape index (κ3) is 8.18. The quantitative estimate of drug-likeness (QED) is 0.160. The highest BCUT2D eigenvalue weighted by molar-refractivity contribution is 5.94. The minimum atomic E-state index is -1.26. The van der Waals surface area contributed by atoms with Crippen LogP contribution < -0.4 is 22.1 Å². The van der Waals surface area contributed by atoms with Gasteiger partial charge in [-0.05, 0) is 63.3 Å². The van der Waals surface area contributed by atoms with Crippen LogP contribution in [0.4, 0.5) is 0 Å². The number of likely N-dealkylation sites (tertiary alicyclic amines) is 1. The van der Waals surface area contributed by atoms with Gasteiger partial charge in [0.05, 0.1) is 6.10 Å². The van der Waals surface area contributed by atoms with Crippen molar-refractivity contribution in [2.24, 2.45) is 11.5 Å². The van der Waals surface area contributed by atoms with Crippen LogP contribution in [0.5, 0.6) is 5.75 Å². The Hall–Kier alpha value is -3.22. The molecular weight excluding hydrogens is 470 g/mol. The fourth-order valence-corrected chi connectivity index (χ4v) is 4.08. The Labute approximate surface area is 210 Å². The molecule has 5 atom stereocenters. The molecule has 1 fully saturated rings. The summed E-state index contributed by atoms with van der Waals surface area (Å²) in [6.07, 6.45) is 1.16. The van der Waals surface area contributed by atoms with Crippen molar-refractivity contribution < 1.29 is 34.5 Å². The first-order valence-corrected chi connectivity index (χ1v) is 12.1. The van der Waals surface area contributed by atoms with Crippen molar-refractivity contribution in [3.05, 3.63) is 29.8 Å². The van der Waals surface area contributed by atoms with Crippen molar-refractivity contribution in [3.8, 4) is 5.75 Å². The van der Waals surface area contributed by atoms with Crippen LogP contribution in [-0.4, -0.2) is 87.3 Å². The molecule has 0 saturated carbocycles. The van der Waals surface area contributed by atoms with Gasteiger partial charge in [0, 0.05) is 13.0 Å². The summed E-state index contributed by atoms with van der Waals surface area (Å²) in [6, 6.07) is 1.75. The highest BCUT2D eigenvalue weighted by Gasteiger charge is 2.39. The Kier molecular flexibility index (Phi) is 11.1. The van der Waals surface area contributed by atoms with Gasteiger partial charge in [-0.2, -0.15) is 0 Å². The first kappa shape index (κ1) is 29.0. The van der Waals surface area contributed by atoms with Gasteiger partial charge in [0.25, 0.3) is 0 Å². The highest BCUT2D eigenvalue weighted by atomic mass is 16.4. The summed E-state index contributed by atoms with van der Waals surface area (Å²) in [7, 11) is 0. The van der Waals surface area contributed by atoms with Crippen molar-refractivity contribution >= 4 is 23.7 Å². The SMILES string of the molecule is C[C@@H](O)[C@H](N)C(=O)N[C@@H](Cc1ccc(O)cc1)C(=O)N1CCC[C@H]1C(=O)N[C@@H](CCCCN)C(=O)O. The summed E-state index contributed by atoms with van der Waals surface area (Å²) in [6.45, 7) is 2.03. The molecule has 1 aliphatic rings. The van der Waals surface area contributed by atoms with E-state index < -0.39 is 54.0 Å². The molecule has 36 heavy (non-hydrogen) atoms. The van der Waals surface area contributed by atoms with E-state index in [-0.39, 0.29) is 25.1 Å². The van der Waals surface area contributed by atoms with E-state index in [4.69, 9.17) is 11.5 Å². The molecule has 0 aromatic heterocycles. The minimum absolute atomic E-state index is 0.0394. The van der Waals surface area contributed by atoms with Gasteiger partial charge >= 0.3 is 5.97 Å². The van der Waals surface area contributed by atoms with Crippen molar-refractivity contribution in [1.82, 2.24) is 15.5 Å². The number of amides is 3. The van der Waals surface area contributed by atoms with Gasteiger partial charge in [0.2, 0.25) is 17.7 Å². The predicted molar refractivity (Wildman–Crippen MR) is 131 cm³/mol. The van der Waals surface area contributed by atoms with Crippen molar-refractivity contribution in [2.45, 2.75) is 75.7 Å². The lowest BCUT2D eigenvalue weighted by Gasteiger charge is -2.30. The average molecular weight is 508 g/mol. The van der Waals surface area contributed by atoms with E-state index in [2.05, 4.69) is 10.6 Å². The van der Waals surface area contributed by atoms with Gasteiger partial charge in [-0.1, -0.05) is 12.1 Å². The average Bonchev–Trinajstić information content (AvgIpc) is 3.33. The maximum Gasteiger partial charge on any atom is 0.326 e. The molecular formula is C24H37N5O7. The standard InChI is InChI=1S/C24H37N5O7/c1-14(30)20(26)22(33)28-18(13-15-7-9-16(31)10-8-15)23(34)29-12-4-6-19(29)21(32)27-17(24(35)36)5-2-3-11-25/h7-10,14,17-20,30-31H,2-6,11-13,25-26H2,1H3,(H,27,32)(H,28,33)(H,35,36)/t14-,17+,18+,19+,20+/m1/s1. The lowest BCUT2D eigenvalue weighted by Crippen LogP contribution is -2.58. The second-order valence-electron chi connectivity index (χ2n) is 9.07. The fourth-order valence-electron chi connectivity index (χ4n) is 4.08. The van der Waals surface area contributed by atoms with Crippen LogP contribution in [0.15, 0.2) is 24.3 Å². The molecule has 0 unspecified atom stereocenters. The monoisotopic (exact) mass is 507 g/mol. The van der Waals surface area contributed by atoms with E-state index in [1.165, 1.54) is 24.0 Å². The van der Waals surface area contributed by atoms with Crippen LogP contribution in [0.2, 0.25) is 0 Å². The fraction of sp³-hybridized carbons (Fsp3) is 0.583. The van der Waals surface area contributed by atoms with E-state index >= 15 is 0 Å². The number of phenols is 1. The van der Waals surface area contributed by atoms with Crippen LogP contribution >= 0.6 is 0 Å². The summed E-state index contributed by atoms with van der Waals surface area (Å²) in [5.74, 6) is -2.95. The molecule has 0 bridgehead atoms. The third-order valence-corrected chi connectivity index (χ3v) is 6.21. The zero-order valence-electron chi connectivity index (χ0n) is 20.4. The molecule has 9 N–H and O–H groups in total. The maximum atomic E-state index is 13.5. The van der Waals surface area contributed by atoms with Crippen molar-refractivity contribution in [3.63, 3.8) is 0 Å². The number of carbonyl (C=O) groups excluding carboxylic acids is 3. The summed E-state index contributed by atoms with van der Waals surface area (Å²) in [5.41, 5.74) is 11.8. The zero-order valence-corrected chi connectivity index (χ0v) is 20.4. The topological polar surface area (TPSA) is 208 Å². The number of hydrogen-bond donors (Lipinski definition) is 7. The molecule has 1 aliphatic heterocycles. The molecule has 0 aliphatic carbocycles. The molecule has 200 valence electrons. The number of hydrogen-bond acceptors (Lipinski definition) is 8. The Bertz CT molecular complexity index is 909. The van der Waals surface area contributed by atoms with Gasteiger partial charge in [-0.25, -0.2) is 4.79 Å². The van der Waals surface area contributed by atoms with E-state index in [1.54, 1.807) is 12.1 Å². The first-order chi connectivity index (χ1) is 17.0. The number of nitrogens with zero attached hydrogens (tertiary/aromatic N) is 1. The molecule has 1 saturated heterocycles. The van der Waals surface area contributed by atoms with Gasteiger partial charge in [-0.3, -0.25) is 14.4 Å². The normalized spacial score (nSPS) is 18.7. The van der Waals surface area contributed by atoms with Gasteiger partial charge in [0.15, 0.2) is 0 Å². The number of phenolic OH excluding ortho intramolecular Hbond substituents is 1. The molecule has 1 aromatic carbocycles. The predicted octanol–water partition coefficient (Wildman–Crippen LogP) is -1.18. The van der Waals surface area contributed by atoms with Gasteiger partial charge in [0.1, 0.15) is 29.9 Å². The highest BCUT2D eigenvalue weighted by Crippen LogP contribution is 2.21. The first-order valence-electron chi connectivity index (χ1n) is 12.1. The van der Waals surface area contributed by atoms with Crippen LogP contribution in [0.1, 0.15) is 44.6 Å². The number of nitrogens with two attached hydrogens (primary N) is 2. The Balaban J connectivity index is 2.20. The Morgan fingerprint density at radius 3 is 2.36 bits per heavy atom. The van der Waals surface area contributed by atoms with E-state index in [9.17, 15) is 34.5 Å². The summed E-state index contributed by atoms with van der Waals surface area (Å²) in [4.78, 5) is 52.0. The largest absolute Gasteiger partial charge is 0.508 e. The maximum absolute atomic E-state index is 13.5. The van der Waals surface area contributed by atoms with Crippen LogP contribution in [0, 0.1) is 0 Å². The smallest absolute Gasteiger partial charge is 0.326 e. The molecule has 3 amide bonds. The third-order valence-electron chi connectivity index (χ3n) is 6.21. The molecule has 1 heterocycles. The van der Waals surface area contributed by atoms with Crippen molar-refractivity contribution in [2.75, 3.05) is 13.1 Å². The van der Waals surface area contributed by atoms with Gasteiger partial charge in [-0.15, -0.1) is 0 Å². The summed E-state index contributed by atoms with van der Waals surface area (Å²) in [5, 5.41) is 33.8. The number of aliphatic hydroxyl groups excluding tert-OH is 1. The lowest BCUT2D eigenvalue weighted by molar-refractivity contribution is -0.145. The number of aliphatic hydroxyl groups is 1. The van der Waals surface area contributed by atoms with E-state index in [0.717, 1.165) is 0 Å². The summed E-state index contributed by atoms with van der Waals surface area (Å²) >= 11 is 0. The van der Waals surface area contributed by atoms with E-state index in [0.29, 0.717) is 37.8 Å². The number of unbranched alkanes of at least 4 members (excludes halogenated alkanes) is 1. The molecule has 12 nitrogen and oxygen atoms in total. The Morgan fingerprint density at radius 1 is 1.11 bits per heavy atom. The number of aromatic hydroxyl groups is 1. The second kappa shape index (κ2) is 13.8. The number of nitrogens with one attached hydrogen (secondary N) is 2. The summed E-state index contributed by atoms with van der Waals surface area (Å²) < 4.78 is 0. The number of carboxylic acid groups (broad SMARTS) is 1. The second-order valence-corrected chi connectivity index (χ2v) is 9.07. The van der Waals surface area contributed by atoms with Crippen LogP contribution in [0.3, 0.4) is 0 Å². The number of carbonyl (C=O) groups is 4. The number of aliphatic carboxylic acids is 1. The van der Waals surface area contributed by atoms with Gasteiger partial charge < -0.3 is 42.3 Å². The molecule has 2 rings (SSSR count). The van der Waals surface area contributed by atoms with E-state index in [1.807, 2.05) is 0 Å². The number of carboxylic acids is 1. The Morgan fingerprint density at radius 2 is 1.78 bits per heavy atom.